The molecule has 1 aromatic rings. The van der Waals surface area contributed by atoms with E-state index in [-0.39, 0.29) is 6.09 Å². The van der Waals surface area contributed by atoms with Gasteiger partial charge in [0.2, 0.25) is 0 Å². The van der Waals surface area contributed by atoms with Gasteiger partial charge in [-0.25, -0.2) is 4.79 Å². The molecule has 1 aliphatic heterocycles. The summed E-state index contributed by atoms with van der Waals surface area (Å²) in [5.41, 5.74) is 0.600. The minimum Gasteiger partial charge on any atom is -0.496 e. The number of methoxy groups -OCH3 is 1. The van der Waals surface area contributed by atoms with E-state index < -0.39 is 5.60 Å². The number of benzene rings is 1. The van der Waals surface area contributed by atoms with Crippen molar-refractivity contribution in [2.75, 3.05) is 19.4 Å². The Morgan fingerprint density at radius 2 is 2.10 bits per heavy atom. The van der Waals surface area contributed by atoms with Crippen LogP contribution < -0.4 is 4.74 Å². The lowest BCUT2D eigenvalue weighted by Crippen LogP contribution is -2.37. The number of halogens is 1. The van der Waals surface area contributed by atoms with Crippen molar-refractivity contribution >= 4 is 33.8 Å². The van der Waals surface area contributed by atoms with Crippen molar-refractivity contribution in [2.45, 2.75) is 37.8 Å². The van der Waals surface area contributed by atoms with Crippen molar-refractivity contribution in [3.63, 3.8) is 0 Å². The van der Waals surface area contributed by atoms with E-state index in [9.17, 15) is 4.79 Å². The summed E-state index contributed by atoms with van der Waals surface area (Å²) in [7, 11) is 1.67. The first-order chi connectivity index (χ1) is 9.80. The molecule has 4 nitrogen and oxygen atoms in total. The van der Waals surface area contributed by atoms with Gasteiger partial charge in [-0.05, 0) is 38.5 Å². The molecule has 0 aliphatic carbocycles. The molecule has 0 spiro atoms. The summed E-state index contributed by atoms with van der Waals surface area (Å²) >= 11 is 5.20. The van der Waals surface area contributed by atoms with Crippen molar-refractivity contribution in [2.24, 2.45) is 0 Å². The van der Waals surface area contributed by atoms with Gasteiger partial charge in [-0.15, -0.1) is 11.8 Å². The van der Waals surface area contributed by atoms with Gasteiger partial charge >= 0.3 is 6.09 Å². The second kappa shape index (κ2) is 6.48. The van der Waals surface area contributed by atoms with Gasteiger partial charge in [-0.3, -0.25) is 0 Å². The summed E-state index contributed by atoms with van der Waals surface area (Å²) in [6, 6.07) is 3.99. The predicted octanol–water partition coefficient (Wildman–Crippen LogP) is 4.30. The Bertz CT molecular complexity index is 542. The molecule has 0 saturated carbocycles. The fourth-order valence-corrected chi connectivity index (χ4v) is 3.67. The molecule has 1 aromatic carbocycles. The molecular formula is C15H20BrNO3S. The zero-order chi connectivity index (χ0) is 15.6. The molecule has 0 unspecified atom stereocenters. The van der Waals surface area contributed by atoms with Gasteiger partial charge in [0.1, 0.15) is 11.4 Å². The number of thioether (sulfide) groups is 1. The third-order valence-electron chi connectivity index (χ3n) is 2.94. The molecule has 21 heavy (non-hydrogen) atoms. The first kappa shape index (κ1) is 16.5. The molecule has 1 aliphatic rings. The van der Waals surface area contributed by atoms with Crippen LogP contribution in [0.15, 0.2) is 21.5 Å². The summed E-state index contributed by atoms with van der Waals surface area (Å²) in [6.45, 7) is 6.84. The Balaban J connectivity index is 2.25. The maximum Gasteiger partial charge on any atom is 0.410 e. The fourth-order valence-electron chi connectivity index (χ4n) is 2.08. The lowest BCUT2D eigenvalue weighted by atomic mass is 10.2. The minimum atomic E-state index is -0.478. The summed E-state index contributed by atoms with van der Waals surface area (Å²) in [5.74, 6) is 1.67. The molecule has 1 heterocycles. The van der Waals surface area contributed by atoms with Gasteiger partial charge in [0.05, 0.1) is 18.6 Å². The van der Waals surface area contributed by atoms with E-state index in [0.29, 0.717) is 13.1 Å². The van der Waals surface area contributed by atoms with Crippen molar-refractivity contribution in [1.82, 2.24) is 4.90 Å². The predicted molar refractivity (Wildman–Crippen MR) is 88.1 cm³/mol. The topological polar surface area (TPSA) is 38.8 Å². The summed E-state index contributed by atoms with van der Waals surface area (Å²) < 4.78 is 11.9. The average molecular weight is 374 g/mol. The van der Waals surface area contributed by atoms with Crippen molar-refractivity contribution in [3.8, 4) is 5.75 Å². The maximum absolute atomic E-state index is 12.3. The molecule has 0 radical (unpaired) electrons. The van der Waals surface area contributed by atoms with Gasteiger partial charge in [0.25, 0.3) is 0 Å². The van der Waals surface area contributed by atoms with Crippen LogP contribution >= 0.6 is 27.7 Å². The van der Waals surface area contributed by atoms with E-state index in [2.05, 4.69) is 15.9 Å². The zero-order valence-corrected chi connectivity index (χ0v) is 15.1. The van der Waals surface area contributed by atoms with Crippen LogP contribution in [0.5, 0.6) is 5.75 Å². The Hall–Kier alpha value is -0.880. The molecule has 116 valence electrons. The lowest BCUT2D eigenvalue weighted by Gasteiger charge is -2.26. The third-order valence-corrected chi connectivity index (χ3v) is 4.53. The van der Waals surface area contributed by atoms with Crippen LogP contribution in [0.25, 0.3) is 0 Å². The van der Waals surface area contributed by atoms with Gasteiger partial charge < -0.3 is 14.4 Å². The van der Waals surface area contributed by atoms with Crippen LogP contribution in [0.1, 0.15) is 26.3 Å². The number of hydrogen-bond acceptors (Lipinski definition) is 4. The van der Waals surface area contributed by atoms with Crippen molar-refractivity contribution < 1.29 is 14.3 Å². The number of ether oxygens (including phenoxy) is 2. The van der Waals surface area contributed by atoms with E-state index in [4.69, 9.17) is 9.47 Å². The summed E-state index contributed by atoms with van der Waals surface area (Å²) in [6.07, 6.45) is -0.269. The van der Waals surface area contributed by atoms with Crippen LogP contribution in [-0.4, -0.2) is 36.0 Å². The van der Waals surface area contributed by atoms with Crippen molar-refractivity contribution in [1.29, 1.82) is 0 Å². The highest BCUT2D eigenvalue weighted by Crippen LogP contribution is 2.38. The molecular weight excluding hydrogens is 354 g/mol. The Kier molecular flexibility index (Phi) is 5.09. The van der Waals surface area contributed by atoms with E-state index in [1.54, 1.807) is 23.8 Å². The average Bonchev–Trinajstić information content (AvgIpc) is 2.57. The highest BCUT2D eigenvalue weighted by atomic mass is 79.9. The minimum absolute atomic E-state index is 0.269. The molecule has 0 N–H and O–H groups in total. The van der Waals surface area contributed by atoms with E-state index in [1.807, 2.05) is 32.9 Å². The normalized spacial score (nSPS) is 15.2. The van der Waals surface area contributed by atoms with Gasteiger partial charge in [-0.1, -0.05) is 15.9 Å². The molecule has 0 saturated heterocycles. The lowest BCUT2D eigenvalue weighted by molar-refractivity contribution is 0.0246. The van der Waals surface area contributed by atoms with Crippen LogP contribution in [0.4, 0.5) is 4.79 Å². The monoisotopic (exact) mass is 373 g/mol. The van der Waals surface area contributed by atoms with Gasteiger partial charge in [-0.2, -0.15) is 0 Å². The van der Waals surface area contributed by atoms with Crippen LogP contribution in [-0.2, 0) is 11.3 Å². The quantitative estimate of drug-likeness (QED) is 0.735. The number of carbonyl (C=O) groups excluding carboxylic acids is 1. The molecule has 0 bridgehead atoms. The second-order valence-corrected chi connectivity index (χ2v) is 7.87. The molecule has 0 atom stereocenters. The van der Waals surface area contributed by atoms with Gasteiger partial charge in [0.15, 0.2) is 0 Å². The number of nitrogens with zero attached hydrogens (tertiary/aromatic N) is 1. The smallest absolute Gasteiger partial charge is 0.410 e. The maximum atomic E-state index is 12.3. The second-order valence-electron chi connectivity index (χ2n) is 5.85. The Labute approximate surface area is 138 Å². The molecule has 0 aromatic heterocycles. The fraction of sp³-hybridized carbons (Fsp3) is 0.533. The largest absolute Gasteiger partial charge is 0.496 e. The van der Waals surface area contributed by atoms with Crippen molar-refractivity contribution in [3.05, 3.63) is 22.2 Å². The van der Waals surface area contributed by atoms with E-state index >= 15 is 0 Å². The van der Waals surface area contributed by atoms with Crippen LogP contribution in [0.2, 0.25) is 0 Å². The molecule has 1 amide bonds. The number of fused-ring (bicyclic) bond motifs is 1. The Morgan fingerprint density at radius 3 is 2.71 bits per heavy atom. The Morgan fingerprint density at radius 1 is 1.38 bits per heavy atom. The summed E-state index contributed by atoms with van der Waals surface area (Å²) in [5, 5.41) is 0. The molecule has 2 rings (SSSR count). The molecule has 0 fully saturated rings. The zero-order valence-electron chi connectivity index (χ0n) is 12.7. The number of hydrogen-bond donors (Lipinski definition) is 0. The number of carbonyl (C=O) groups is 1. The first-order valence-electron chi connectivity index (χ1n) is 6.77. The number of rotatable bonds is 1. The number of amides is 1. The SMILES string of the molecule is COc1cc(Br)cc2c1SCCN(C(=O)OC(C)(C)C)C2. The standard InChI is InChI=1S/C15H20BrNO3S/c1-15(2,3)20-14(18)17-5-6-21-13-10(9-17)7-11(16)8-12(13)19-4/h7-8H,5-6,9H2,1-4H3. The van der Waals surface area contributed by atoms with Crippen LogP contribution in [0.3, 0.4) is 0 Å². The highest BCUT2D eigenvalue weighted by molar-refractivity contribution is 9.10. The first-order valence-corrected chi connectivity index (χ1v) is 8.55. The summed E-state index contributed by atoms with van der Waals surface area (Å²) in [4.78, 5) is 15.1. The van der Waals surface area contributed by atoms with E-state index in [1.165, 1.54) is 0 Å². The van der Waals surface area contributed by atoms with Gasteiger partial charge in [0, 0.05) is 16.8 Å². The highest BCUT2D eigenvalue weighted by Gasteiger charge is 2.26. The van der Waals surface area contributed by atoms with Crippen LogP contribution in [0, 0.1) is 0 Å². The third kappa shape index (κ3) is 4.30. The van der Waals surface area contributed by atoms with E-state index in [0.717, 1.165) is 26.4 Å². The molecule has 6 heteroatoms.